The van der Waals surface area contributed by atoms with Crippen LogP contribution in [0.2, 0.25) is 0 Å². The molecular formula is C27H35N3O4. The highest BCUT2D eigenvalue weighted by atomic mass is 16.5. The predicted molar refractivity (Wildman–Crippen MR) is 134 cm³/mol. The number of aliphatic hydroxyl groups excluding tert-OH is 1. The maximum Gasteiger partial charge on any atom is 0.227 e. The minimum atomic E-state index is -0.453. The Kier molecular flexibility index (Phi) is 9.70. The topological polar surface area (TPSA) is 69.0 Å². The third-order valence-corrected chi connectivity index (χ3v) is 5.58. The zero-order valence-corrected chi connectivity index (χ0v) is 20.3. The molecule has 1 N–H and O–H groups in total. The molecule has 0 amide bonds. The number of rotatable bonds is 14. The number of methoxy groups -OCH3 is 2. The molecule has 0 unspecified atom stereocenters. The summed E-state index contributed by atoms with van der Waals surface area (Å²) in [4.78, 5) is 2.18. The number of nitrogens with zero attached hydrogens (tertiary/aromatic N) is 3. The van der Waals surface area contributed by atoms with E-state index < -0.39 is 6.10 Å². The molecule has 1 atom stereocenters. The van der Waals surface area contributed by atoms with E-state index in [1.54, 1.807) is 14.2 Å². The number of aryl methyl sites for hydroxylation is 1. The van der Waals surface area contributed by atoms with Crippen molar-refractivity contribution in [1.29, 1.82) is 0 Å². The summed E-state index contributed by atoms with van der Waals surface area (Å²) in [5, 5.41) is 15.3. The summed E-state index contributed by atoms with van der Waals surface area (Å²) in [5.41, 5.74) is 2.75. The van der Waals surface area contributed by atoms with Gasteiger partial charge in [-0.2, -0.15) is 5.10 Å². The SMILES string of the molecule is C=CCC[C@H](O)CN(CCOC)Cc1c(C)nn(-c2ccccc2)c1Oc1ccc(OC)cc1. The van der Waals surface area contributed by atoms with Gasteiger partial charge in [0.1, 0.15) is 11.5 Å². The first-order valence-electron chi connectivity index (χ1n) is 11.5. The van der Waals surface area contributed by atoms with Crippen LogP contribution in [0.1, 0.15) is 24.1 Å². The molecule has 0 aliphatic carbocycles. The van der Waals surface area contributed by atoms with Crippen molar-refractivity contribution in [3.8, 4) is 23.1 Å². The van der Waals surface area contributed by atoms with Crippen molar-refractivity contribution in [3.05, 3.63) is 78.5 Å². The van der Waals surface area contributed by atoms with E-state index in [9.17, 15) is 5.11 Å². The van der Waals surface area contributed by atoms with Gasteiger partial charge >= 0.3 is 0 Å². The van der Waals surface area contributed by atoms with Crippen molar-refractivity contribution in [3.63, 3.8) is 0 Å². The summed E-state index contributed by atoms with van der Waals surface area (Å²) in [5.74, 6) is 2.10. The van der Waals surface area contributed by atoms with Gasteiger partial charge in [0.15, 0.2) is 0 Å². The highest BCUT2D eigenvalue weighted by Crippen LogP contribution is 2.32. The Balaban J connectivity index is 1.94. The number of ether oxygens (including phenoxy) is 3. The number of allylic oxidation sites excluding steroid dienone is 1. The van der Waals surface area contributed by atoms with E-state index in [2.05, 4.69) is 11.5 Å². The van der Waals surface area contributed by atoms with Gasteiger partial charge in [-0.3, -0.25) is 4.90 Å². The molecule has 0 radical (unpaired) electrons. The second-order valence-corrected chi connectivity index (χ2v) is 8.14. The van der Waals surface area contributed by atoms with Gasteiger partial charge in [0.2, 0.25) is 5.88 Å². The van der Waals surface area contributed by atoms with Crippen molar-refractivity contribution in [2.24, 2.45) is 0 Å². The second kappa shape index (κ2) is 12.9. The molecule has 0 aliphatic rings. The van der Waals surface area contributed by atoms with E-state index in [0.717, 1.165) is 29.1 Å². The lowest BCUT2D eigenvalue weighted by Gasteiger charge is -2.25. The van der Waals surface area contributed by atoms with E-state index >= 15 is 0 Å². The first-order valence-corrected chi connectivity index (χ1v) is 11.5. The minimum absolute atomic E-state index is 0.453. The monoisotopic (exact) mass is 465 g/mol. The summed E-state index contributed by atoms with van der Waals surface area (Å²) in [6.45, 7) is 8.07. The molecule has 182 valence electrons. The normalized spacial score (nSPS) is 12.0. The van der Waals surface area contributed by atoms with Crippen LogP contribution >= 0.6 is 0 Å². The molecule has 7 heteroatoms. The van der Waals surface area contributed by atoms with E-state index in [0.29, 0.717) is 44.3 Å². The standard InChI is InChI=1S/C27H35N3O4/c1-5-6-12-23(31)19-29(17-18-32-3)20-26-21(2)28-30(22-10-8-7-9-11-22)27(26)34-25-15-13-24(33-4)14-16-25/h5,7-11,13-16,23,31H,1,6,12,17-20H2,2-4H3/t23-/m0/s1. The Morgan fingerprint density at radius 3 is 2.44 bits per heavy atom. The van der Waals surface area contributed by atoms with Gasteiger partial charge in [0, 0.05) is 26.7 Å². The molecule has 0 saturated carbocycles. The fraction of sp³-hybridized carbons (Fsp3) is 0.370. The van der Waals surface area contributed by atoms with Gasteiger partial charge in [-0.25, -0.2) is 4.68 Å². The van der Waals surface area contributed by atoms with Crippen LogP contribution in [0.3, 0.4) is 0 Å². The van der Waals surface area contributed by atoms with Gasteiger partial charge in [0.05, 0.1) is 36.8 Å². The number of para-hydroxylation sites is 1. The zero-order chi connectivity index (χ0) is 24.3. The van der Waals surface area contributed by atoms with E-state index in [1.165, 1.54) is 0 Å². The molecule has 0 aliphatic heterocycles. The largest absolute Gasteiger partial charge is 0.497 e. The number of aromatic nitrogens is 2. The molecule has 3 aromatic rings. The van der Waals surface area contributed by atoms with Gasteiger partial charge in [-0.05, 0) is 56.2 Å². The van der Waals surface area contributed by atoms with Crippen LogP contribution in [0, 0.1) is 6.92 Å². The third-order valence-electron chi connectivity index (χ3n) is 5.58. The molecule has 1 heterocycles. The van der Waals surface area contributed by atoms with E-state index in [-0.39, 0.29) is 0 Å². The van der Waals surface area contributed by atoms with E-state index in [4.69, 9.17) is 19.3 Å². The highest BCUT2D eigenvalue weighted by molar-refractivity contribution is 5.44. The van der Waals surface area contributed by atoms with Gasteiger partial charge in [0.25, 0.3) is 0 Å². The average Bonchev–Trinajstić information content (AvgIpc) is 3.16. The Morgan fingerprint density at radius 2 is 1.79 bits per heavy atom. The van der Waals surface area contributed by atoms with Crippen LogP contribution in [0.25, 0.3) is 5.69 Å². The number of hydrogen-bond donors (Lipinski definition) is 1. The van der Waals surface area contributed by atoms with Crippen molar-refractivity contribution in [1.82, 2.24) is 14.7 Å². The summed E-state index contributed by atoms with van der Waals surface area (Å²) in [7, 11) is 3.32. The Bertz CT molecular complexity index is 1020. The molecule has 1 aromatic heterocycles. The molecule has 34 heavy (non-hydrogen) atoms. The minimum Gasteiger partial charge on any atom is -0.497 e. The molecule has 0 fully saturated rings. The number of hydrogen-bond acceptors (Lipinski definition) is 6. The smallest absolute Gasteiger partial charge is 0.227 e. The van der Waals surface area contributed by atoms with E-state index in [1.807, 2.05) is 72.3 Å². The fourth-order valence-corrected chi connectivity index (χ4v) is 3.70. The molecule has 0 saturated heterocycles. The van der Waals surface area contributed by atoms with Crippen LogP contribution in [0.4, 0.5) is 0 Å². The predicted octanol–water partition coefficient (Wildman–Crippen LogP) is 4.76. The van der Waals surface area contributed by atoms with Crippen molar-refractivity contribution in [2.45, 2.75) is 32.4 Å². The molecule has 3 rings (SSSR count). The lowest BCUT2D eigenvalue weighted by Crippen LogP contribution is -2.34. The molecule has 0 bridgehead atoms. The maximum absolute atomic E-state index is 10.5. The summed E-state index contributed by atoms with van der Waals surface area (Å²) in [6.07, 6.45) is 2.82. The van der Waals surface area contributed by atoms with Crippen molar-refractivity contribution >= 4 is 0 Å². The molecular weight excluding hydrogens is 430 g/mol. The average molecular weight is 466 g/mol. The van der Waals surface area contributed by atoms with Gasteiger partial charge in [-0.1, -0.05) is 24.3 Å². The Morgan fingerprint density at radius 1 is 1.09 bits per heavy atom. The number of benzene rings is 2. The van der Waals surface area contributed by atoms with Gasteiger partial charge < -0.3 is 19.3 Å². The van der Waals surface area contributed by atoms with Crippen LogP contribution in [-0.4, -0.2) is 59.8 Å². The first-order chi connectivity index (χ1) is 16.5. The van der Waals surface area contributed by atoms with Crippen molar-refractivity contribution in [2.75, 3.05) is 33.9 Å². The Labute approximate surface area is 202 Å². The fourth-order valence-electron chi connectivity index (χ4n) is 3.70. The quantitative estimate of drug-likeness (QED) is 0.346. The van der Waals surface area contributed by atoms with Crippen LogP contribution in [0.5, 0.6) is 17.4 Å². The lowest BCUT2D eigenvalue weighted by atomic mass is 10.1. The van der Waals surface area contributed by atoms with Crippen LogP contribution in [-0.2, 0) is 11.3 Å². The highest BCUT2D eigenvalue weighted by Gasteiger charge is 2.22. The summed E-state index contributed by atoms with van der Waals surface area (Å²) >= 11 is 0. The van der Waals surface area contributed by atoms with Crippen LogP contribution < -0.4 is 9.47 Å². The molecule has 2 aromatic carbocycles. The number of aliphatic hydroxyl groups is 1. The third kappa shape index (κ3) is 6.93. The lowest BCUT2D eigenvalue weighted by molar-refractivity contribution is 0.0804. The molecule has 7 nitrogen and oxygen atoms in total. The van der Waals surface area contributed by atoms with Gasteiger partial charge in [-0.15, -0.1) is 6.58 Å². The Hall–Kier alpha value is -3.13. The second-order valence-electron chi connectivity index (χ2n) is 8.14. The summed E-state index contributed by atoms with van der Waals surface area (Å²) < 4.78 is 18.8. The maximum atomic E-state index is 10.5. The summed E-state index contributed by atoms with van der Waals surface area (Å²) in [6, 6.07) is 17.4. The van der Waals surface area contributed by atoms with Crippen LogP contribution in [0.15, 0.2) is 67.3 Å². The molecule has 0 spiro atoms. The first kappa shape index (κ1) is 25.5. The zero-order valence-electron chi connectivity index (χ0n) is 20.3. The van der Waals surface area contributed by atoms with Crippen molar-refractivity contribution < 1.29 is 19.3 Å².